The summed E-state index contributed by atoms with van der Waals surface area (Å²) in [7, 11) is 0. The summed E-state index contributed by atoms with van der Waals surface area (Å²) < 4.78 is 56.6. The van der Waals surface area contributed by atoms with Crippen LogP contribution < -0.4 is 28.4 Å². The highest BCUT2D eigenvalue weighted by molar-refractivity contribution is 6.11. The molecule has 2 atom stereocenters. The van der Waals surface area contributed by atoms with E-state index in [2.05, 4.69) is 41.5 Å². The van der Waals surface area contributed by atoms with Gasteiger partial charge in [0, 0.05) is 11.1 Å². The number of rotatable bonds is 21. The second kappa shape index (κ2) is 24.2. The van der Waals surface area contributed by atoms with Crippen molar-refractivity contribution in [3.8, 4) is 45.6 Å². The summed E-state index contributed by atoms with van der Waals surface area (Å²) in [4.78, 5) is 10.8. The Balaban J connectivity index is 1.32. The van der Waals surface area contributed by atoms with Crippen molar-refractivity contribution in [1.29, 1.82) is 0 Å². The number of nitrogens with zero attached hydrogens (tertiary/aromatic N) is 2. The van der Waals surface area contributed by atoms with Gasteiger partial charge in [0.15, 0.2) is 23.0 Å². The zero-order valence-corrected chi connectivity index (χ0v) is 45.4. The van der Waals surface area contributed by atoms with Crippen LogP contribution in [0.25, 0.3) is 11.1 Å². The number of ether oxygens (including phenoxy) is 8. The molecule has 10 heteroatoms. The number of hydrogen-bond acceptors (Lipinski definition) is 10. The molecule has 8 aromatic carbocycles. The van der Waals surface area contributed by atoms with Gasteiger partial charge in [-0.3, -0.25) is 0 Å². The van der Waals surface area contributed by atoms with Gasteiger partial charge in [0.05, 0.1) is 23.2 Å². The van der Waals surface area contributed by atoms with E-state index >= 15 is 0 Å². The third-order valence-corrected chi connectivity index (χ3v) is 13.8. The van der Waals surface area contributed by atoms with Gasteiger partial charge in [-0.2, -0.15) is 0 Å². The Labute approximate surface area is 459 Å². The standard InChI is InChI=1S/C68H68N2O8/c1-67(2,3)57-45-77-65(69-57)53-37-55(71-39-47-25-13-7-14-26-47)61(73-41-49-29-17-9-18-30-49)63(75-43-51-33-21-11-22-34-51)59(53)60-54(66-70-58(46-78-66)68(4,5)6)38-56(72-40-48-27-15-8-16-28-48)62(74-42-50-31-19-10-20-32-50)64(60)76-44-52-35-23-12-24-36-52/h7-38,57-58H,39-46H2,1-6H3/t57-,58-/m1/s1. The summed E-state index contributed by atoms with van der Waals surface area (Å²) in [6.45, 7) is 14.9. The van der Waals surface area contributed by atoms with Crippen molar-refractivity contribution in [3.63, 3.8) is 0 Å². The van der Waals surface area contributed by atoms with E-state index < -0.39 is 0 Å². The maximum Gasteiger partial charge on any atom is 0.217 e. The largest absolute Gasteiger partial charge is 0.485 e. The van der Waals surface area contributed by atoms with E-state index in [1.165, 1.54) is 0 Å². The maximum absolute atomic E-state index is 7.38. The molecule has 78 heavy (non-hydrogen) atoms. The third kappa shape index (κ3) is 13.0. The summed E-state index contributed by atoms with van der Waals surface area (Å²) >= 11 is 0. The summed E-state index contributed by atoms with van der Waals surface area (Å²) in [5.41, 5.74) is 7.53. The summed E-state index contributed by atoms with van der Waals surface area (Å²) in [6.07, 6.45) is 0. The first kappa shape index (κ1) is 52.9. The van der Waals surface area contributed by atoms with Crippen LogP contribution in [0.5, 0.6) is 34.5 Å². The van der Waals surface area contributed by atoms with Crippen LogP contribution in [0.2, 0.25) is 0 Å². The van der Waals surface area contributed by atoms with Gasteiger partial charge in [-0.05, 0) is 56.3 Å². The van der Waals surface area contributed by atoms with Gasteiger partial charge in [-0.15, -0.1) is 0 Å². The first-order valence-electron chi connectivity index (χ1n) is 26.8. The van der Waals surface area contributed by atoms with Crippen molar-refractivity contribution < 1.29 is 37.9 Å². The Bertz CT molecular complexity index is 3080. The predicted molar refractivity (Wildman–Crippen MR) is 308 cm³/mol. The molecule has 0 saturated heterocycles. The van der Waals surface area contributed by atoms with E-state index in [-0.39, 0.29) is 62.6 Å². The van der Waals surface area contributed by atoms with Crippen LogP contribution in [0.1, 0.15) is 86.1 Å². The van der Waals surface area contributed by atoms with E-state index in [0.29, 0.717) is 81.8 Å². The highest BCUT2D eigenvalue weighted by Gasteiger charge is 2.40. The van der Waals surface area contributed by atoms with Gasteiger partial charge in [0.1, 0.15) is 52.9 Å². The Morgan fingerprint density at radius 3 is 0.833 bits per heavy atom. The quantitative estimate of drug-likeness (QED) is 0.0702. The van der Waals surface area contributed by atoms with Crippen molar-refractivity contribution in [1.82, 2.24) is 0 Å². The minimum atomic E-state index is -0.236. The van der Waals surface area contributed by atoms with Gasteiger partial charge in [-0.25, -0.2) is 9.98 Å². The molecule has 0 aromatic heterocycles. The fraction of sp³-hybridized carbons (Fsp3) is 0.265. The molecular formula is C68H68N2O8. The van der Waals surface area contributed by atoms with Gasteiger partial charge < -0.3 is 37.9 Å². The molecule has 0 aliphatic carbocycles. The monoisotopic (exact) mass is 1040 g/mol. The van der Waals surface area contributed by atoms with Crippen LogP contribution in [0.3, 0.4) is 0 Å². The first-order chi connectivity index (χ1) is 37.9. The summed E-state index contributed by atoms with van der Waals surface area (Å²) in [5, 5.41) is 0. The average molecular weight is 1040 g/mol. The zero-order chi connectivity index (χ0) is 53.9. The molecule has 0 bridgehead atoms. The van der Waals surface area contributed by atoms with Crippen LogP contribution in [-0.4, -0.2) is 37.1 Å². The molecule has 0 radical (unpaired) electrons. The second-order valence-corrected chi connectivity index (χ2v) is 21.8. The lowest BCUT2D eigenvalue weighted by Gasteiger charge is -2.27. The lowest BCUT2D eigenvalue weighted by atomic mass is 9.88. The smallest absolute Gasteiger partial charge is 0.217 e. The Morgan fingerprint density at radius 2 is 0.590 bits per heavy atom. The molecule has 0 spiro atoms. The molecule has 0 amide bonds. The van der Waals surface area contributed by atoms with E-state index in [1.54, 1.807) is 0 Å². The van der Waals surface area contributed by atoms with Crippen molar-refractivity contribution in [2.75, 3.05) is 13.2 Å². The highest BCUT2D eigenvalue weighted by atomic mass is 16.6. The lowest BCUT2D eigenvalue weighted by molar-refractivity contribution is 0.227. The van der Waals surface area contributed by atoms with Crippen LogP contribution in [0, 0.1) is 10.8 Å². The Hall–Kier alpha value is -8.50. The molecular weight excluding hydrogens is 973 g/mol. The van der Waals surface area contributed by atoms with Crippen molar-refractivity contribution in [3.05, 3.63) is 239 Å². The van der Waals surface area contributed by atoms with Gasteiger partial charge >= 0.3 is 0 Å². The summed E-state index contributed by atoms with van der Waals surface area (Å²) in [6, 6.07) is 64.1. The van der Waals surface area contributed by atoms with E-state index in [0.717, 1.165) is 33.4 Å². The molecule has 0 unspecified atom stereocenters. The number of benzene rings is 8. The fourth-order valence-electron chi connectivity index (χ4n) is 9.15. The summed E-state index contributed by atoms with van der Waals surface area (Å²) in [5.74, 6) is 3.15. The Kier molecular flexibility index (Phi) is 16.4. The molecule has 2 heterocycles. The Morgan fingerprint density at radius 1 is 0.346 bits per heavy atom. The molecule has 0 saturated carbocycles. The van der Waals surface area contributed by atoms with Gasteiger partial charge in [0.25, 0.3) is 0 Å². The third-order valence-electron chi connectivity index (χ3n) is 13.8. The van der Waals surface area contributed by atoms with Gasteiger partial charge in [0.2, 0.25) is 23.3 Å². The fourth-order valence-corrected chi connectivity index (χ4v) is 9.15. The number of aliphatic imine (C=N–C) groups is 2. The highest BCUT2D eigenvalue weighted by Crippen LogP contribution is 2.56. The second-order valence-electron chi connectivity index (χ2n) is 21.8. The predicted octanol–water partition coefficient (Wildman–Crippen LogP) is 15.2. The lowest BCUT2D eigenvalue weighted by Crippen LogP contribution is -2.25. The molecule has 10 rings (SSSR count). The zero-order valence-electron chi connectivity index (χ0n) is 45.4. The van der Waals surface area contributed by atoms with E-state index in [4.69, 9.17) is 47.9 Å². The van der Waals surface area contributed by atoms with Crippen LogP contribution in [0.4, 0.5) is 0 Å². The van der Waals surface area contributed by atoms with Gasteiger partial charge in [-0.1, -0.05) is 224 Å². The van der Waals surface area contributed by atoms with E-state index in [1.807, 2.05) is 194 Å². The van der Waals surface area contributed by atoms with Crippen molar-refractivity contribution in [2.45, 2.75) is 93.3 Å². The normalized spacial score (nSPS) is 15.1. The molecule has 0 N–H and O–H groups in total. The molecule has 2 aliphatic heterocycles. The topological polar surface area (TPSA) is 98.6 Å². The average Bonchev–Trinajstić information content (AvgIpc) is 4.20. The molecule has 398 valence electrons. The van der Waals surface area contributed by atoms with Crippen molar-refractivity contribution >= 4 is 11.8 Å². The maximum atomic E-state index is 7.38. The van der Waals surface area contributed by atoms with Crippen LogP contribution in [0.15, 0.2) is 204 Å². The minimum absolute atomic E-state index is 0.157. The van der Waals surface area contributed by atoms with Crippen LogP contribution >= 0.6 is 0 Å². The minimum Gasteiger partial charge on any atom is -0.485 e. The van der Waals surface area contributed by atoms with Crippen molar-refractivity contribution in [2.24, 2.45) is 20.8 Å². The van der Waals surface area contributed by atoms with Crippen LogP contribution in [-0.2, 0) is 49.1 Å². The molecule has 10 nitrogen and oxygen atoms in total. The molecule has 2 aliphatic rings. The molecule has 0 fully saturated rings. The number of hydrogen-bond donors (Lipinski definition) is 0. The molecule has 8 aromatic rings. The first-order valence-corrected chi connectivity index (χ1v) is 26.8. The van der Waals surface area contributed by atoms with E-state index in [9.17, 15) is 0 Å². The SMILES string of the molecule is CC(C)(C)[C@H]1COC(c2cc(OCc3ccccc3)c(OCc3ccccc3)c(OCc3ccccc3)c2-c2c(C3=N[C@@H](C(C)(C)C)CO3)cc(OCc3ccccc3)c(OCc3ccccc3)c2OCc2ccccc2)=N1.